The molecule has 0 heterocycles. The second kappa shape index (κ2) is 16.5. The van der Waals surface area contributed by atoms with Crippen molar-refractivity contribution >= 4 is 5.69 Å². The second-order valence-electron chi connectivity index (χ2n) is 10.6. The third kappa shape index (κ3) is 9.43. The maximum Gasteiger partial charge on any atom is 0.165 e. The maximum absolute atomic E-state index is 14.5. The van der Waals surface area contributed by atoms with Crippen molar-refractivity contribution in [2.24, 2.45) is 0 Å². The van der Waals surface area contributed by atoms with Crippen LogP contribution in [0, 0.1) is 18.7 Å². The second-order valence-corrected chi connectivity index (χ2v) is 10.6. The standard InChI is InChI=1S/C23H31FN2O2.C10H12O.C2H2/c1-4-26(20-9-6-10-21(16-20)27-3)17-18-11-12-23(22(24)15-18)28-14-13-25(2)19-7-5-8-19;11-10-6-5-8-3-1-2-4-9(8)7-10;1-2/h6,9-12,15-16,19H,4-5,7-8,13-14,17H2,1-3H3;5-7,11H,1-4H2;1-2H. The van der Waals surface area contributed by atoms with E-state index in [0.717, 1.165) is 36.5 Å². The summed E-state index contributed by atoms with van der Waals surface area (Å²) in [5.74, 6) is 1.25. The molecule has 6 heteroatoms. The number of benzene rings is 3. The number of ether oxygens (including phenoxy) is 2. The fourth-order valence-corrected chi connectivity index (χ4v) is 5.20. The van der Waals surface area contributed by atoms with E-state index >= 15 is 0 Å². The van der Waals surface area contributed by atoms with Crippen molar-refractivity contribution in [3.63, 3.8) is 0 Å². The van der Waals surface area contributed by atoms with Crippen molar-refractivity contribution in [2.45, 2.75) is 64.5 Å². The molecule has 0 radical (unpaired) electrons. The van der Waals surface area contributed by atoms with Crippen LogP contribution in [0.4, 0.5) is 10.1 Å². The summed E-state index contributed by atoms with van der Waals surface area (Å²) in [4.78, 5) is 4.49. The van der Waals surface area contributed by atoms with Crippen molar-refractivity contribution in [3.8, 4) is 30.1 Å². The quantitative estimate of drug-likeness (QED) is 0.265. The van der Waals surface area contributed by atoms with Gasteiger partial charge in [0, 0.05) is 37.4 Å². The molecule has 0 saturated heterocycles. The normalized spacial score (nSPS) is 13.9. The molecule has 5 nitrogen and oxygen atoms in total. The molecule has 0 bridgehead atoms. The van der Waals surface area contributed by atoms with Gasteiger partial charge in [-0.05, 0) is 106 Å². The molecule has 0 unspecified atom stereocenters. The average molecular weight is 561 g/mol. The molecule has 220 valence electrons. The van der Waals surface area contributed by atoms with Crippen molar-refractivity contribution in [2.75, 3.05) is 38.8 Å². The first kappa shape index (κ1) is 31.8. The highest BCUT2D eigenvalue weighted by molar-refractivity contribution is 5.51. The summed E-state index contributed by atoms with van der Waals surface area (Å²) in [7, 11) is 3.78. The number of hydrogen-bond donors (Lipinski definition) is 1. The molecule has 5 rings (SSSR count). The Bertz CT molecular complexity index is 1240. The van der Waals surface area contributed by atoms with Crippen LogP contribution in [0.1, 0.15) is 55.7 Å². The molecule has 1 saturated carbocycles. The van der Waals surface area contributed by atoms with Crippen molar-refractivity contribution in [1.29, 1.82) is 0 Å². The zero-order chi connectivity index (χ0) is 29.6. The number of fused-ring (bicyclic) bond motifs is 1. The van der Waals surface area contributed by atoms with Crippen LogP contribution < -0.4 is 14.4 Å². The van der Waals surface area contributed by atoms with Gasteiger partial charge in [0.1, 0.15) is 18.1 Å². The van der Waals surface area contributed by atoms with E-state index in [9.17, 15) is 9.50 Å². The van der Waals surface area contributed by atoms with Gasteiger partial charge in [0.15, 0.2) is 11.6 Å². The van der Waals surface area contributed by atoms with Crippen LogP contribution in [-0.2, 0) is 19.4 Å². The maximum atomic E-state index is 14.5. The number of aryl methyl sites for hydroxylation is 2. The van der Waals surface area contributed by atoms with Gasteiger partial charge in [0.25, 0.3) is 0 Å². The molecule has 1 N–H and O–H groups in total. The summed E-state index contributed by atoms with van der Waals surface area (Å²) in [6, 6.07) is 19.6. The van der Waals surface area contributed by atoms with Crippen LogP contribution in [0.25, 0.3) is 0 Å². The first-order valence-corrected chi connectivity index (χ1v) is 14.6. The lowest BCUT2D eigenvalue weighted by molar-refractivity contribution is 0.134. The van der Waals surface area contributed by atoms with Crippen LogP contribution in [0.2, 0.25) is 0 Å². The molecule has 1 fully saturated rings. The first-order chi connectivity index (χ1) is 20.0. The molecule has 0 aliphatic heterocycles. The smallest absolute Gasteiger partial charge is 0.165 e. The zero-order valence-corrected chi connectivity index (χ0v) is 24.8. The fraction of sp³-hybridized carbons (Fsp3) is 0.429. The van der Waals surface area contributed by atoms with E-state index in [1.807, 2.05) is 42.5 Å². The van der Waals surface area contributed by atoms with Crippen LogP contribution in [0.5, 0.6) is 17.2 Å². The minimum atomic E-state index is -0.300. The SMILES string of the molecule is C#C.CCN(Cc1ccc(OCCN(C)C2CCC2)c(F)c1)c1cccc(OC)c1.Oc1ccc2c(c1)CCCC2. The molecule has 41 heavy (non-hydrogen) atoms. The third-order valence-corrected chi connectivity index (χ3v) is 7.90. The summed E-state index contributed by atoms with van der Waals surface area (Å²) < 4.78 is 25.5. The molecule has 0 aromatic heterocycles. The number of nitrogens with zero attached hydrogens (tertiary/aromatic N) is 2. The van der Waals surface area contributed by atoms with Gasteiger partial charge in [0.2, 0.25) is 0 Å². The highest BCUT2D eigenvalue weighted by Crippen LogP contribution is 2.26. The predicted molar refractivity (Wildman–Crippen MR) is 167 cm³/mol. The van der Waals surface area contributed by atoms with E-state index < -0.39 is 0 Å². The Morgan fingerprint density at radius 3 is 2.37 bits per heavy atom. The summed E-state index contributed by atoms with van der Waals surface area (Å²) >= 11 is 0. The summed E-state index contributed by atoms with van der Waals surface area (Å²) in [6.45, 7) is 4.87. The van der Waals surface area contributed by atoms with E-state index in [1.54, 1.807) is 25.3 Å². The Morgan fingerprint density at radius 1 is 0.951 bits per heavy atom. The Hall–Kier alpha value is -3.69. The molecule has 0 spiro atoms. The Morgan fingerprint density at radius 2 is 1.71 bits per heavy atom. The minimum absolute atomic E-state index is 0.300. The molecule has 3 aromatic rings. The number of likely N-dealkylation sites (N-methyl/N-ethyl adjacent to an activating group) is 1. The molecule has 0 atom stereocenters. The number of anilines is 1. The summed E-state index contributed by atoms with van der Waals surface area (Å²) in [5.41, 5.74) is 4.74. The number of rotatable bonds is 10. The Kier molecular flexibility index (Phi) is 12.8. The molecule has 0 amide bonds. The number of aromatic hydroxyl groups is 1. The van der Waals surface area contributed by atoms with E-state index in [-0.39, 0.29) is 5.82 Å². The van der Waals surface area contributed by atoms with Crippen molar-refractivity contribution in [1.82, 2.24) is 4.90 Å². The monoisotopic (exact) mass is 560 g/mol. The number of hydrogen-bond acceptors (Lipinski definition) is 5. The zero-order valence-electron chi connectivity index (χ0n) is 24.8. The lowest BCUT2D eigenvalue weighted by Gasteiger charge is -2.34. The Labute approximate surface area is 245 Å². The highest BCUT2D eigenvalue weighted by atomic mass is 19.1. The van der Waals surface area contributed by atoms with E-state index in [2.05, 4.69) is 36.6 Å². The van der Waals surface area contributed by atoms with Gasteiger partial charge >= 0.3 is 0 Å². The van der Waals surface area contributed by atoms with Gasteiger partial charge in [-0.15, -0.1) is 12.8 Å². The van der Waals surface area contributed by atoms with Crippen LogP contribution in [-0.4, -0.2) is 49.9 Å². The number of phenols is 1. The van der Waals surface area contributed by atoms with Gasteiger partial charge in [-0.25, -0.2) is 4.39 Å². The fourth-order valence-electron chi connectivity index (χ4n) is 5.20. The van der Waals surface area contributed by atoms with E-state index in [1.165, 1.54) is 49.7 Å². The summed E-state index contributed by atoms with van der Waals surface area (Å²) in [5, 5.41) is 9.19. The third-order valence-electron chi connectivity index (χ3n) is 7.90. The lowest BCUT2D eigenvalue weighted by atomic mass is 9.92. The molecule has 3 aromatic carbocycles. The van der Waals surface area contributed by atoms with Gasteiger partial charge < -0.3 is 24.4 Å². The highest BCUT2D eigenvalue weighted by Gasteiger charge is 2.21. The van der Waals surface area contributed by atoms with Crippen molar-refractivity contribution < 1.29 is 19.0 Å². The Balaban J connectivity index is 0.000000294. The molecular formula is C35H45FN2O3. The topological polar surface area (TPSA) is 45.2 Å². The number of terminal acetylenes is 1. The average Bonchev–Trinajstić information content (AvgIpc) is 2.97. The van der Waals surface area contributed by atoms with Gasteiger partial charge in [-0.1, -0.05) is 24.6 Å². The van der Waals surface area contributed by atoms with Crippen LogP contribution in [0.15, 0.2) is 60.7 Å². The van der Waals surface area contributed by atoms with Crippen LogP contribution in [0.3, 0.4) is 0 Å². The summed E-state index contributed by atoms with van der Waals surface area (Å²) in [6.07, 6.45) is 16.8. The van der Waals surface area contributed by atoms with Gasteiger partial charge in [-0.2, -0.15) is 0 Å². The van der Waals surface area contributed by atoms with Crippen molar-refractivity contribution in [3.05, 3.63) is 83.2 Å². The molecule has 2 aliphatic rings. The minimum Gasteiger partial charge on any atom is -0.508 e. The molecular weight excluding hydrogens is 515 g/mol. The van der Waals surface area contributed by atoms with Crippen LogP contribution >= 0.6 is 0 Å². The number of phenolic OH excluding ortho intramolecular Hbond substituents is 1. The van der Waals surface area contributed by atoms with Gasteiger partial charge in [-0.3, -0.25) is 0 Å². The van der Waals surface area contributed by atoms with E-state index in [0.29, 0.717) is 30.7 Å². The van der Waals surface area contributed by atoms with Gasteiger partial charge in [0.05, 0.1) is 7.11 Å². The molecule has 2 aliphatic carbocycles. The van der Waals surface area contributed by atoms with E-state index in [4.69, 9.17) is 9.47 Å². The predicted octanol–water partition coefficient (Wildman–Crippen LogP) is 7.24. The first-order valence-electron chi connectivity index (χ1n) is 14.6. The largest absolute Gasteiger partial charge is 0.508 e. The lowest BCUT2D eigenvalue weighted by Crippen LogP contribution is -2.39. The number of methoxy groups -OCH3 is 1. The number of halogens is 1.